The van der Waals surface area contributed by atoms with Gasteiger partial charge in [0.2, 0.25) is 0 Å². The lowest BCUT2D eigenvalue weighted by Crippen LogP contribution is -2.46. The summed E-state index contributed by atoms with van der Waals surface area (Å²) in [5, 5.41) is 13.8. The highest BCUT2D eigenvalue weighted by Crippen LogP contribution is 2.39. The van der Waals surface area contributed by atoms with Crippen LogP contribution < -0.4 is 5.32 Å². The van der Waals surface area contributed by atoms with Crippen LogP contribution in [0.4, 0.5) is 0 Å². The second kappa shape index (κ2) is 5.98. The van der Waals surface area contributed by atoms with Crippen LogP contribution in [0.25, 0.3) is 0 Å². The van der Waals surface area contributed by atoms with E-state index in [1.165, 1.54) is 0 Å². The van der Waals surface area contributed by atoms with Gasteiger partial charge in [-0.1, -0.05) is 31.5 Å². The average Bonchev–Trinajstić information content (AvgIpc) is 2.40. The summed E-state index contributed by atoms with van der Waals surface area (Å²) >= 11 is 6.09. The van der Waals surface area contributed by atoms with Gasteiger partial charge in [-0.05, 0) is 55.7 Å². The van der Waals surface area contributed by atoms with E-state index in [1.807, 2.05) is 13.0 Å². The molecule has 21 heavy (non-hydrogen) atoms. The summed E-state index contributed by atoms with van der Waals surface area (Å²) in [6.45, 7) is 6.65. The quantitative estimate of drug-likeness (QED) is 0.894. The fraction of sp³-hybridized carbons (Fsp3) is 0.588. The zero-order valence-electron chi connectivity index (χ0n) is 13.0. The van der Waals surface area contributed by atoms with Crippen molar-refractivity contribution >= 4 is 17.5 Å². The molecule has 2 rings (SSSR count). The standard InChI is InChI=1S/C17H24ClNO2/c1-12-4-5-13(14(18)10-12)15(20)19-11-17(21)8-6-16(2,3)7-9-17/h4-5,10,21H,6-9,11H2,1-3H3,(H,19,20). The summed E-state index contributed by atoms with van der Waals surface area (Å²) in [7, 11) is 0. The molecule has 1 saturated carbocycles. The first-order valence-electron chi connectivity index (χ1n) is 7.48. The van der Waals surface area contributed by atoms with E-state index < -0.39 is 5.60 Å². The summed E-state index contributed by atoms with van der Waals surface area (Å²) < 4.78 is 0. The molecule has 0 aliphatic heterocycles. The van der Waals surface area contributed by atoms with Gasteiger partial charge in [0.05, 0.1) is 16.2 Å². The van der Waals surface area contributed by atoms with Gasteiger partial charge in [0.25, 0.3) is 5.91 Å². The van der Waals surface area contributed by atoms with Crippen LogP contribution in [0.2, 0.25) is 5.02 Å². The Hall–Kier alpha value is -1.06. The maximum atomic E-state index is 12.2. The van der Waals surface area contributed by atoms with Gasteiger partial charge in [-0.25, -0.2) is 0 Å². The minimum absolute atomic E-state index is 0.224. The molecule has 1 fully saturated rings. The normalized spacial score (nSPS) is 20.0. The molecule has 1 aromatic rings. The third-order valence-electron chi connectivity index (χ3n) is 4.48. The molecular formula is C17H24ClNO2. The Labute approximate surface area is 131 Å². The number of nitrogens with one attached hydrogen (secondary N) is 1. The molecule has 3 nitrogen and oxygen atoms in total. The van der Waals surface area contributed by atoms with E-state index in [-0.39, 0.29) is 17.9 Å². The van der Waals surface area contributed by atoms with Gasteiger partial charge >= 0.3 is 0 Å². The fourth-order valence-electron chi connectivity index (χ4n) is 2.71. The van der Waals surface area contributed by atoms with Crippen LogP contribution in [0.3, 0.4) is 0 Å². The summed E-state index contributed by atoms with van der Waals surface area (Å²) in [6.07, 6.45) is 3.40. The largest absolute Gasteiger partial charge is 0.388 e. The first kappa shape index (κ1) is 16.3. The Balaban J connectivity index is 1.95. The minimum Gasteiger partial charge on any atom is -0.388 e. The lowest BCUT2D eigenvalue weighted by Gasteiger charge is -2.40. The van der Waals surface area contributed by atoms with Crippen molar-refractivity contribution in [1.29, 1.82) is 0 Å². The number of benzene rings is 1. The van der Waals surface area contributed by atoms with Gasteiger partial charge in [0.15, 0.2) is 0 Å². The lowest BCUT2D eigenvalue weighted by molar-refractivity contribution is -0.0233. The number of carbonyl (C=O) groups excluding carboxylic acids is 1. The maximum Gasteiger partial charge on any atom is 0.252 e. The molecule has 0 bridgehead atoms. The highest BCUT2D eigenvalue weighted by molar-refractivity contribution is 6.33. The molecule has 1 aliphatic carbocycles. The Morgan fingerprint density at radius 3 is 2.48 bits per heavy atom. The number of carbonyl (C=O) groups is 1. The van der Waals surface area contributed by atoms with Crippen LogP contribution in [0.1, 0.15) is 55.5 Å². The minimum atomic E-state index is -0.789. The van der Waals surface area contributed by atoms with Crippen molar-refractivity contribution in [1.82, 2.24) is 5.32 Å². The highest BCUT2D eigenvalue weighted by atomic mass is 35.5. The molecule has 1 aromatic carbocycles. The van der Waals surface area contributed by atoms with Crippen LogP contribution >= 0.6 is 11.6 Å². The molecule has 0 heterocycles. The molecule has 1 amide bonds. The number of aliphatic hydroxyl groups is 1. The van der Waals surface area contributed by atoms with Crippen molar-refractivity contribution in [3.05, 3.63) is 34.3 Å². The molecule has 2 N–H and O–H groups in total. The molecule has 0 spiro atoms. The van der Waals surface area contributed by atoms with Crippen molar-refractivity contribution in [2.24, 2.45) is 5.41 Å². The van der Waals surface area contributed by atoms with E-state index in [2.05, 4.69) is 19.2 Å². The average molecular weight is 310 g/mol. The van der Waals surface area contributed by atoms with Gasteiger partial charge in [0, 0.05) is 6.54 Å². The fourth-order valence-corrected chi connectivity index (χ4v) is 3.03. The van der Waals surface area contributed by atoms with Gasteiger partial charge in [-0.3, -0.25) is 4.79 Å². The number of hydrogen-bond acceptors (Lipinski definition) is 2. The van der Waals surface area contributed by atoms with Crippen molar-refractivity contribution in [2.75, 3.05) is 6.54 Å². The topological polar surface area (TPSA) is 49.3 Å². The van der Waals surface area contributed by atoms with Gasteiger partial charge in [-0.2, -0.15) is 0 Å². The van der Waals surface area contributed by atoms with E-state index in [9.17, 15) is 9.90 Å². The maximum absolute atomic E-state index is 12.2. The monoisotopic (exact) mass is 309 g/mol. The van der Waals surface area contributed by atoms with Crippen molar-refractivity contribution in [3.63, 3.8) is 0 Å². The molecule has 0 atom stereocenters. The lowest BCUT2D eigenvalue weighted by atomic mass is 9.71. The number of rotatable bonds is 3. The number of hydrogen-bond donors (Lipinski definition) is 2. The SMILES string of the molecule is Cc1ccc(C(=O)NCC2(O)CCC(C)(C)CC2)c(Cl)c1. The second-order valence-electron chi connectivity index (χ2n) is 7.05. The first-order valence-corrected chi connectivity index (χ1v) is 7.85. The predicted molar refractivity (Wildman–Crippen MR) is 85.7 cm³/mol. The third kappa shape index (κ3) is 4.21. The van der Waals surface area contributed by atoms with Crippen molar-refractivity contribution in [2.45, 2.75) is 52.1 Å². The zero-order valence-corrected chi connectivity index (χ0v) is 13.8. The van der Waals surface area contributed by atoms with E-state index in [4.69, 9.17) is 11.6 Å². The molecule has 0 unspecified atom stereocenters. The molecule has 116 valence electrons. The molecule has 0 saturated heterocycles. The number of amides is 1. The summed E-state index contributed by atoms with van der Waals surface area (Å²) in [5.74, 6) is -0.224. The smallest absolute Gasteiger partial charge is 0.252 e. The zero-order chi connectivity index (χ0) is 15.7. The van der Waals surface area contributed by atoms with Crippen LogP contribution in [-0.4, -0.2) is 23.2 Å². The molecule has 0 radical (unpaired) electrons. The molecular weight excluding hydrogens is 286 g/mol. The van der Waals surface area contributed by atoms with E-state index in [1.54, 1.807) is 12.1 Å². The number of halogens is 1. The van der Waals surface area contributed by atoms with Gasteiger partial charge in [-0.15, -0.1) is 0 Å². The highest BCUT2D eigenvalue weighted by Gasteiger charge is 2.36. The van der Waals surface area contributed by atoms with Gasteiger partial charge in [0.1, 0.15) is 0 Å². The summed E-state index contributed by atoms with van der Waals surface area (Å²) in [5.41, 5.74) is 0.977. The van der Waals surface area contributed by atoms with Crippen molar-refractivity contribution < 1.29 is 9.90 Å². The Bertz CT molecular complexity index is 530. The first-order chi connectivity index (χ1) is 9.71. The van der Waals surface area contributed by atoms with E-state index in [0.29, 0.717) is 10.6 Å². The van der Waals surface area contributed by atoms with Crippen LogP contribution in [-0.2, 0) is 0 Å². The van der Waals surface area contributed by atoms with Gasteiger partial charge < -0.3 is 10.4 Å². The third-order valence-corrected chi connectivity index (χ3v) is 4.79. The second-order valence-corrected chi connectivity index (χ2v) is 7.46. The van der Waals surface area contributed by atoms with Crippen LogP contribution in [0, 0.1) is 12.3 Å². The Morgan fingerprint density at radius 1 is 1.29 bits per heavy atom. The number of aryl methyl sites for hydroxylation is 1. The molecule has 0 aromatic heterocycles. The summed E-state index contributed by atoms with van der Waals surface area (Å²) in [6, 6.07) is 5.36. The van der Waals surface area contributed by atoms with Crippen molar-refractivity contribution in [3.8, 4) is 0 Å². The Kier molecular flexibility index (Phi) is 4.64. The van der Waals surface area contributed by atoms with Crippen LogP contribution in [0.15, 0.2) is 18.2 Å². The van der Waals surface area contributed by atoms with E-state index in [0.717, 1.165) is 31.2 Å². The Morgan fingerprint density at radius 2 is 1.90 bits per heavy atom. The predicted octanol–water partition coefficient (Wildman–Crippen LogP) is 3.71. The summed E-state index contributed by atoms with van der Waals surface area (Å²) in [4.78, 5) is 12.2. The van der Waals surface area contributed by atoms with Crippen LogP contribution in [0.5, 0.6) is 0 Å². The van der Waals surface area contributed by atoms with E-state index >= 15 is 0 Å². The molecule has 4 heteroatoms. The molecule has 1 aliphatic rings.